The van der Waals surface area contributed by atoms with E-state index in [0.717, 1.165) is 0 Å². The van der Waals surface area contributed by atoms with Gasteiger partial charge in [0, 0.05) is 27.7 Å². The van der Waals surface area contributed by atoms with Gasteiger partial charge in [-0.3, -0.25) is 0 Å². The van der Waals surface area contributed by atoms with E-state index in [0.29, 0.717) is 0 Å². The molecular weight excluding hydrogens is 445 g/mol. The van der Waals surface area contributed by atoms with E-state index in [9.17, 15) is 0 Å². The van der Waals surface area contributed by atoms with E-state index >= 15 is 0 Å². The summed E-state index contributed by atoms with van der Waals surface area (Å²) in [4.78, 5) is 0. The van der Waals surface area contributed by atoms with Gasteiger partial charge in [0.25, 0.3) is 0 Å². The first-order valence-electron chi connectivity index (χ1n) is 1.02. The Labute approximate surface area is 75.1 Å². The average molecular weight is 449 g/mol. The standard InChI is InChI=1S/Ba.Hg.H2Se.H3Si/h;;1H2;1H3/q+1;;;/p-1. The van der Waals surface area contributed by atoms with E-state index in [1.54, 1.807) is 3.38 Å². The number of hydrogen-bond acceptors (Lipinski definition) is 0. The molecule has 0 fully saturated rings. The van der Waals surface area contributed by atoms with Crippen LogP contribution in [0.2, 0.25) is 0 Å². The first-order chi connectivity index (χ1) is 1.41. The van der Waals surface area contributed by atoms with Crippen molar-refractivity contribution in [2.45, 2.75) is 0 Å². The molecule has 4 heteroatoms. The van der Waals surface area contributed by atoms with E-state index in [2.05, 4.69) is 7.23 Å². The van der Waals surface area contributed by atoms with Gasteiger partial charge >= 0.3 is 50.1 Å². The monoisotopic (exact) mass is 452 g/mol. The van der Waals surface area contributed by atoms with Crippen molar-refractivity contribution in [3.63, 3.8) is 0 Å². The van der Waals surface area contributed by atoms with Gasteiger partial charge in [-0.15, -0.1) is 0 Å². The SMILES string of the molecule is [Hg].[SiH3][Ba][SeH]. The molecule has 0 aromatic carbocycles. The molecule has 0 nitrogen and oxygen atoms in total. The van der Waals surface area contributed by atoms with Crippen LogP contribution in [-0.4, -0.2) is 50.1 Å². The summed E-state index contributed by atoms with van der Waals surface area (Å²) in [5.41, 5.74) is 0. The van der Waals surface area contributed by atoms with Gasteiger partial charge in [-0.05, 0) is 0 Å². The molecule has 0 aliphatic heterocycles. The number of rotatable bonds is 0. The van der Waals surface area contributed by atoms with Crippen LogP contribution >= 0.6 is 0 Å². The van der Waals surface area contributed by atoms with Crippen LogP contribution in [0.25, 0.3) is 0 Å². The van der Waals surface area contributed by atoms with Crippen molar-refractivity contribution in [2.24, 2.45) is 0 Å². The van der Waals surface area contributed by atoms with E-state index in [1.807, 2.05) is 0 Å². The van der Waals surface area contributed by atoms with Gasteiger partial charge in [0.05, 0.1) is 0 Å². The first kappa shape index (κ1) is 10.3. The summed E-state index contributed by atoms with van der Waals surface area (Å²) < 4.78 is 1.56. The van der Waals surface area contributed by atoms with Gasteiger partial charge < -0.3 is 0 Å². The molecule has 0 rings (SSSR count). The summed E-state index contributed by atoms with van der Waals surface area (Å²) in [7, 11) is 2.75. The van der Waals surface area contributed by atoms with Crippen LogP contribution in [0.4, 0.5) is 0 Å². The normalized spacial score (nSPS) is 3.25. The third-order valence-corrected chi connectivity index (χ3v) is 0. The molecule has 18 valence electrons. The molecule has 4 heavy (non-hydrogen) atoms. The maximum atomic E-state index is 2.75. The van der Waals surface area contributed by atoms with E-state index in [4.69, 9.17) is 0 Å². The van der Waals surface area contributed by atoms with Crippen LogP contribution < -0.4 is 0 Å². The van der Waals surface area contributed by atoms with Crippen LogP contribution in [0.1, 0.15) is 0 Å². The molecule has 0 spiro atoms. The van der Waals surface area contributed by atoms with E-state index in [-0.39, 0.29) is 67.1 Å². The maximum absolute atomic E-state index is 2.75. The summed E-state index contributed by atoms with van der Waals surface area (Å²) in [6.45, 7) is 0. The van der Waals surface area contributed by atoms with Gasteiger partial charge in [-0.1, -0.05) is 0 Å². The molecule has 0 saturated heterocycles. The summed E-state index contributed by atoms with van der Waals surface area (Å²) in [6, 6.07) is 0. The molecule has 0 saturated carbocycles. The summed E-state index contributed by atoms with van der Waals surface area (Å²) >= 11 is -0.00694. The zero-order valence-electron chi connectivity index (χ0n) is 2.86. The Morgan fingerprint density at radius 1 is 1.75 bits per heavy atom. The fourth-order valence-corrected chi connectivity index (χ4v) is 0. The average Bonchev–Trinajstić information content (AvgIpc) is 0.918. The van der Waals surface area contributed by atoms with Crippen LogP contribution in [0, 0.1) is 0 Å². The molecule has 0 bridgehead atoms. The van der Waals surface area contributed by atoms with Crippen LogP contribution in [-0.2, 0) is 27.7 Å². The second-order valence-corrected chi connectivity index (χ2v) is 35.9. The van der Waals surface area contributed by atoms with Gasteiger partial charge in [0.15, 0.2) is 0 Å². The summed E-state index contributed by atoms with van der Waals surface area (Å²) in [5.74, 6) is 0. The van der Waals surface area contributed by atoms with E-state index < -0.39 is 0 Å². The van der Waals surface area contributed by atoms with Crippen molar-refractivity contribution in [1.82, 2.24) is 0 Å². The topological polar surface area (TPSA) is 0 Å². The molecule has 0 heterocycles. The molecule has 0 amide bonds. The van der Waals surface area contributed by atoms with Gasteiger partial charge in [0.2, 0.25) is 0 Å². The third-order valence-electron chi connectivity index (χ3n) is 0. The van der Waals surface area contributed by atoms with Crippen LogP contribution in [0.15, 0.2) is 0 Å². The Kier molecular flexibility index (Phi) is 24.5. The Bertz CT molecular complexity index is 8.00. The van der Waals surface area contributed by atoms with Crippen molar-refractivity contribution < 1.29 is 27.7 Å². The molecule has 0 aromatic heterocycles. The molecule has 0 aromatic rings. The molecule has 0 aliphatic carbocycles. The quantitative estimate of drug-likeness (QED) is 0.369. The van der Waals surface area contributed by atoms with Crippen LogP contribution in [0.3, 0.4) is 0 Å². The van der Waals surface area contributed by atoms with E-state index in [1.165, 1.54) is 0 Å². The molecule has 0 unspecified atom stereocenters. The van der Waals surface area contributed by atoms with Crippen molar-refractivity contribution in [1.29, 1.82) is 0 Å². The van der Waals surface area contributed by atoms with Crippen LogP contribution in [0.5, 0.6) is 0 Å². The Morgan fingerprint density at radius 2 is 1.75 bits per heavy atom. The summed E-state index contributed by atoms with van der Waals surface area (Å²) in [5, 5.41) is 0. The third kappa shape index (κ3) is 8.97. The van der Waals surface area contributed by atoms with Crippen molar-refractivity contribution in [2.75, 3.05) is 0 Å². The van der Waals surface area contributed by atoms with Crippen molar-refractivity contribution in [3.05, 3.63) is 0 Å². The van der Waals surface area contributed by atoms with Crippen molar-refractivity contribution in [3.8, 4) is 0 Å². The Morgan fingerprint density at radius 3 is 1.75 bits per heavy atom. The Balaban J connectivity index is 0. The van der Waals surface area contributed by atoms with Gasteiger partial charge in [-0.2, -0.15) is 0 Å². The van der Waals surface area contributed by atoms with Crippen molar-refractivity contribution >= 4 is 50.1 Å². The molecule has 0 radical (unpaired) electrons. The van der Waals surface area contributed by atoms with Gasteiger partial charge in [0.1, 0.15) is 0 Å². The molecular formula is H4BaHgSeSi. The number of hydrogen-bond donors (Lipinski definition) is 0. The first-order valence-corrected chi connectivity index (χ1v) is 27.4. The minimum atomic E-state index is -0.00694. The zero-order chi connectivity index (χ0) is 2.71. The zero-order valence-corrected chi connectivity index (χ0v) is 16.7. The minimum absolute atomic E-state index is 0. The summed E-state index contributed by atoms with van der Waals surface area (Å²) in [6.07, 6.45) is 0. The second kappa shape index (κ2) is 9.53. The predicted octanol–water partition coefficient (Wildman–Crippen LogP) is -2.22. The molecule has 0 atom stereocenters. The molecule has 0 N–H and O–H groups in total. The predicted molar refractivity (Wildman–Crippen MR) is 22.8 cm³/mol. The van der Waals surface area contributed by atoms with Gasteiger partial charge in [-0.25, -0.2) is 0 Å². The fourth-order valence-electron chi connectivity index (χ4n) is 0. The Hall–Kier alpha value is 3.24. The second-order valence-electron chi connectivity index (χ2n) is 0.316. The molecule has 0 aliphatic rings. The fraction of sp³-hybridized carbons (Fsp3) is 0.